The summed E-state index contributed by atoms with van der Waals surface area (Å²) in [6.07, 6.45) is 3.61. The first-order valence-electron chi connectivity index (χ1n) is 9.28. The van der Waals surface area contributed by atoms with Crippen molar-refractivity contribution in [1.29, 1.82) is 0 Å². The average Bonchev–Trinajstić information content (AvgIpc) is 3.36. The number of nitrogens with zero attached hydrogens (tertiary/aromatic N) is 3. The molecule has 150 valence electrons. The Morgan fingerprint density at radius 3 is 2.71 bits per heavy atom. The normalized spacial score (nSPS) is 14.6. The largest absolute Gasteiger partial charge is 0.483 e. The summed E-state index contributed by atoms with van der Waals surface area (Å²) in [6, 6.07) is 4.19. The number of hydrogen-bond acceptors (Lipinski definition) is 5. The number of thioether (sulfide) groups is 1. The van der Waals surface area contributed by atoms with Crippen LogP contribution in [0.3, 0.4) is 0 Å². The molecule has 6 nitrogen and oxygen atoms in total. The fourth-order valence-electron chi connectivity index (χ4n) is 2.87. The molecular formula is C20H25ClN4O2S. The van der Waals surface area contributed by atoms with E-state index in [1.165, 1.54) is 11.8 Å². The minimum Gasteiger partial charge on any atom is -0.483 e. The molecule has 0 unspecified atom stereocenters. The standard InChI is InChI=1S/C20H25ClN4O2S/c1-5-8-25-19(14(4)27-16-9-12(2)18(21)13(3)10-16)23-24-20(25)28-11-17(26)22-15-6-7-15/h5,9-10,14-15H,1,6-8,11H2,2-4H3,(H,22,26)/t14-/m0/s1. The fourth-order valence-corrected chi connectivity index (χ4v) is 3.74. The van der Waals surface area contributed by atoms with Gasteiger partial charge in [0.25, 0.3) is 0 Å². The molecule has 0 aliphatic heterocycles. The second-order valence-electron chi connectivity index (χ2n) is 7.00. The van der Waals surface area contributed by atoms with Crippen LogP contribution in [0.5, 0.6) is 5.75 Å². The number of halogens is 1. The lowest BCUT2D eigenvalue weighted by molar-refractivity contribution is -0.118. The van der Waals surface area contributed by atoms with Gasteiger partial charge in [-0.1, -0.05) is 29.4 Å². The van der Waals surface area contributed by atoms with E-state index in [-0.39, 0.29) is 12.0 Å². The topological polar surface area (TPSA) is 69.0 Å². The van der Waals surface area contributed by atoms with E-state index in [4.69, 9.17) is 16.3 Å². The SMILES string of the molecule is C=CCn1c(SCC(=O)NC2CC2)nnc1[C@H](C)Oc1cc(C)c(Cl)c(C)c1. The molecule has 0 saturated heterocycles. The summed E-state index contributed by atoms with van der Waals surface area (Å²) in [7, 11) is 0. The highest BCUT2D eigenvalue weighted by Gasteiger charge is 2.24. The first-order chi connectivity index (χ1) is 13.4. The van der Waals surface area contributed by atoms with E-state index in [2.05, 4.69) is 22.1 Å². The Hall–Kier alpha value is -1.99. The van der Waals surface area contributed by atoms with Crippen molar-refractivity contribution in [2.24, 2.45) is 0 Å². The summed E-state index contributed by atoms with van der Waals surface area (Å²) >= 11 is 7.61. The van der Waals surface area contributed by atoms with Gasteiger partial charge in [0.05, 0.1) is 5.75 Å². The van der Waals surface area contributed by atoms with Gasteiger partial charge < -0.3 is 10.1 Å². The molecular weight excluding hydrogens is 396 g/mol. The van der Waals surface area contributed by atoms with Crippen LogP contribution in [0.4, 0.5) is 0 Å². The molecule has 1 fully saturated rings. The zero-order valence-electron chi connectivity index (χ0n) is 16.4. The summed E-state index contributed by atoms with van der Waals surface area (Å²) in [5, 5.41) is 13.0. The number of allylic oxidation sites excluding steroid dienone is 1. The number of rotatable bonds is 9. The van der Waals surface area contributed by atoms with Crippen LogP contribution in [0.1, 0.15) is 42.8 Å². The number of aromatic nitrogens is 3. The molecule has 0 bridgehead atoms. The number of carbonyl (C=O) groups is 1. The Kier molecular flexibility index (Phi) is 6.67. The van der Waals surface area contributed by atoms with Crippen molar-refractivity contribution in [3.8, 4) is 5.75 Å². The number of nitrogens with one attached hydrogen (secondary N) is 1. The van der Waals surface area contributed by atoms with Crippen LogP contribution in [-0.2, 0) is 11.3 Å². The van der Waals surface area contributed by atoms with E-state index in [0.29, 0.717) is 29.3 Å². The quantitative estimate of drug-likeness (QED) is 0.485. The lowest BCUT2D eigenvalue weighted by atomic mass is 10.1. The van der Waals surface area contributed by atoms with E-state index in [0.717, 1.165) is 34.7 Å². The number of benzene rings is 1. The zero-order valence-corrected chi connectivity index (χ0v) is 17.9. The lowest BCUT2D eigenvalue weighted by Crippen LogP contribution is -2.27. The van der Waals surface area contributed by atoms with Crippen molar-refractivity contribution in [2.75, 3.05) is 5.75 Å². The molecule has 1 aliphatic rings. The third-order valence-electron chi connectivity index (χ3n) is 4.42. The minimum absolute atomic E-state index is 0.0265. The average molecular weight is 421 g/mol. The van der Waals surface area contributed by atoms with Gasteiger partial charge in [-0.3, -0.25) is 9.36 Å². The predicted molar refractivity (Wildman–Crippen MR) is 112 cm³/mol. The molecule has 2 aromatic rings. The van der Waals surface area contributed by atoms with Crippen LogP contribution in [-0.4, -0.2) is 32.5 Å². The fraction of sp³-hybridized carbons (Fsp3) is 0.450. The van der Waals surface area contributed by atoms with Gasteiger partial charge >= 0.3 is 0 Å². The predicted octanol–water partition coefficient (Wildman–Crippen LogP) is 4.25. The van der Waals surface area contributed by atoms with Crippen molar-refractivity contribution in [2.45, 2.75) is 57.5 Å². The van der Waals surface area contributed by atoms with Crippen LogP contribution in [0, 0.1) is 13.8 Å². The van der Waals surface area contributed by atoms with Crippen LogP contribution >= 0.6 is 23.4 Å². The molecule has 1 aliphatic carbocycles. The van der Waals surface area contributed by atoms with Crippen molar-refractivity contribution in [1.82, 2.24) is 20.1 Å². The summed E-state index contributed by atoms with van der Waals surface area (Å²) in [4.78, 5) is 12.0. The van der Waals surface area contributed by atoms with Gasteiger partial charge in [-0.25, -0.2) is 0 Å². The number of amides is 1. The van der Waals surface area contributed by atoms with E-state index < -0.39 is 0 Å². The highest BCUT2D eigenvalue weighted by Crippen LogP contribution is 2.30. The van der Waals surface area contributed by atoms with Crippen molar-refractivity contribution >= 4 is 29.3 Å². The molecule has 0 spiro atoms. The van der Waals surface area contributed by atoms with Gasteiger partial charge in [0, 0.05) is 17.6 Å². The summed E-state index contributed by atoms with van der Waals surface area (Å²) < 4.78 is 8.03. The lowest BCUT2D eigenvalue weighted by Gasteiger charge is -2.17. The number of hydrogen-bond donors (Lipinski definition) is 1. The molecule has 1 atom stereocenters. The molecule has 1 amide bonds. The molecule has 1 aromatic carbocycles. The van der Waals surface area contributed by atoms with Gasteiger partial charge in [-0.05, 0) is 56.9 Å². The van der Waals surface area contributed by atoms with E-state index in [1.807, 2.05) is 37.5 Å². The van der Waals surface area contributed by atoms with Gasteiger partial charge in [0.2, 0.25) is 5.91 Å². The maximum atomic E-state index is 12.0. The summed E-state index contributed by atoms with van der Waals surface area (Å²) in [6.45, 7) is 10.2. The van der Waals surface area contributed by atoms with Crippen LogP contribution in [0.25, 0.3) is 0 Å². The molecule has 8 heteroatoms. The summed E-state index contributed by atoms with van der Waals surface area (Å²) in [5.74, 6) is 1.77. The van der Waals surface area contributed by atoms with Gasteiger partial charge in [-0.2, -0.15) is 0 Å². The Morgan fingerprint density at radius 2 is 2.11 bits per heavy atom. The highest BCUT2D eigenvalue weighted by atomic mass is 35.5. The van der Waals surface area contributed by atoms with E-state index >= 15 is 0 Å². The van der Waals surface area contributed by atoms with E-state index in [1.54, 1.807) is 6.08 Å². The Balaban J connectivity index is 1.72. The molecule has 1 saturated carbocycles. The Bertz CT molecular complexity index is 856. The highest BCUT2D eigenvalue weighted by molar-refractivity contribution is 7.99. The molecule has 0 radical (unpaired) electrons. The first kappa shape index (κ1) is 20.7. The first-order valence-corrected chi connectivity index (χ1v) is 10.6. The maximum Gasteiger partial charge on any atom is 0.230 e. The van der Waals surface area contributed by atoms with Gasteiger partial charge in [0.1, 0.15) is 5.75 Å². The van der Waals surface area contributed by atoms with Crippen LogP contribution < -0.4 is 10.1 Å². The number of aryl methyl sites for hydroxylation is 2. The molecule has 3 rings (SSSR count). The monoisotopic (exact) mass is 420 g/mol. The number of ether oxygens (including phenoxy) is 1. The van der Waals surface area contributed by atoms with Crippen molar-refractivity contribution in [3.63, 3.8) is 0 Å². The Morgan fingerprint density at radius 1 is 1.43 bits per heavy atom. The second-order valence-corrected chi connectivity index (χ2v) is 8.32. The van der Waals surface area contributed by atoms with Gasteiger partial charge in [-0.15, -0.1) is 16.8 Å². The Labute approximate surface area is 174 Å². The van der Waals surface area contributed by atoms with Crippen molar-refractivity contribution < 1.29 is 9.53 Å². The minimum atomic E-state index is -0.318. The zero-order chi connectivity index (χ0) is 20.3. The third kappa shape index (κ3) is 5.08. The smallest absolute Gasteiger partial charge is 0.230 e. The van der Waals surface area contributed by atoms with Crippen molar-refractivity contribution in [3.05, 3.63) is 46.8 Å². The molecule has 28 heavy (non-hydrogen) atoms. The van der Waals surface area contributed by atoms with Crippen LogP contribution in [0.2, 0.25) is 5.02 Å². The second kappa shape index (κ2) is 9.01. The summed E-state index contributed by atoms with van der Waals surface area (Å²) in [5.41, 5.74) is 1.93. The molecule has 1 N–H and O–H groups in total. The van der Waals surface area contributed by atoms with Gasteiger partial charge in [0.15, 0.2) is 17.1 Å². The van der Waals surface area contributed by atoms with Crippen LogP contribution in [0.15, 0.2) is 29.9 Å². The third-order valence-corrected chi connectivity index (χ3v) is 5.98. The maximum absolute atomic E-state index is 12.0. The number of carbonyl (C=O) groups excluding carboxylic acids is 1. The molecule has 1 aromatic heterocycles. The van der Waals surface area contributed by atoms with E-state index in [9.17, 15) is 4.79 Å². The molecule has 1 heterocycles.